The third-order valence-electron chi connectivity index (χ3n) is 6.01. The summed E-state index contributed by atoms with van der Waals surface area (Å²) in [6.45, 7) is 8.46. The number of halogens is 2. The Kier molecular flexibility index (Phi) is 9.08. The molecule has 1 aliphatic rings. The number of amides is 3. The van der Waals surface area contributed by atoms with Crippen LogP contribution >= 0.6 is 22.9 Å². The molecular formula is C26H33ClFN7O3S. The summed E-state index contributed by atoms with van der Waals surface area (Å²) in [4.78, 5) is 37.8. The molecule has 0 spiro atoms. The van der Waals surface area contributed by atoms with E-state index in [4.69, 9.17) is 16.3 Å². The Morgan fingerprint density at radius 1 is 1.26 bits per heavy atom. The number of anilines is 3. The van der Waals surface area contributed by atoms with Gasteiger partial charge in [-0.2, -0.15) is 0 Å². The molecule has 10 nitrogen and oxygen atoms in total. The van der Waals surface area contributed by atoms with E-state index in [0.29, 0.717) is 38.6 Å². The Bertz CT molecular complexity index is 1330. The van der Waals surface area contributed by atoms with Gasteiger partial charge < -0.3 is 25.2 Å². The molecule has 3 amide bonds. The molecular weight excluding hydrogens is 545 g/mol. The van der Waals surface area contributed by atoms with E-state index in [-0.39, 0.29) is 12.1 Å². The summed E-state index contributed by atoms with van der Waals surface area (Å²) in [5.74, 6) is 0.0889. The minimum Gasteiger partial charge on any atom is -0.444 e. The highest BCUT2D eigenvalue weighted by atomic mass is 35.5. The van der Waals surface area contributed by atoms with E-state index in [1.54, 1.807) is 36.2 Å². The largest absolute Gasteiger partial charge is 0.444 e. The zero-order valence-corrected chi connectivity index (χ0v) is 24.0. The fourth-order valence-corrected chi connectivity index (χ4v) is 5.19. The van der Waals surface area contributed by atoms with Crippen LogP contribution in [0, 0.1) is 5.82 Å². The molecule has 1 atom stereocenters. The molecule has 1 saturated heterocycles. The molecule has 0 bridgehead atoms. The van der Waals surface area contributed by atoms with Crippen LogP contribution in [-0.2, 0) is 4.74 Å². The number of pyridine rings is 1. The van der Waals surface area contributed by atoms with E-state index in [9.17, 15) is 14.0 Å². The van der Waals surface area contributed by atoms with Gasteiger partial charge in [0.2, 0.25) is 0 Å². The Balaban J connectivity index is 1.21. The number of rotatable bonds is 8. The average Bonchev–Trinajstić information content (AvgIpc) is 3.45. The highest BCUT2D eigenvalue weighted by molar-refractivity contribution is 7.22. The van der Waals surface area contributed by atoms with Gasteiger partial charge in [0.05, 0.1) is 5.69 Å². The van der Waals surface area contributed by atoms with Crippen molar-refractivity contribution in [3.05, 3.63) is 41.2 Å². The van der Waals surface area contributed by atoms with Gasteiger partial charge in [-0.15, -0.1) is 0 Å². The lowest BCUT2D eigenvalue weighted by Gasteiger charge is -2.22. The smallest absolute Gasteiger partial charge is 0.407 e. The van der Waals surface area contributed by atoms with Crippen LogP contribution in [0.4, 0.5) is 30.6 Å². The second kappa shape index (κ2) is 12.3. The molecule has 0 saturated carbocycles. The summed E-state index contributed by atoms with van der Waals surface area (Å²) >= 11 is 7.10. The number of hydrogen-bond donors (Lipinski definition) is 3. The van der Waals surface area contributed by atoms with Gasteiger partial charge >= 0.3 is 12.1 Å². The van der Waals surface area contributed by atoms with Crippen molar-refractivity contribution in [2.24, 2.45) is 0 Å². The SMILES string of the molecule is CN(c1ccc2nc(NC(=O)NCCCN3CC[C@H](NC(=O)OC(C)(C)C)C3)sc2n1)c1ccc(Cl)cc1F. The summed E-state index contributed by atoms with van der Waals surface area (Å²) in [7, 11) is 1.72. The Morgan fingerprint density at radius 2 is 2.05 bits per heavy atom. The number of fused-ring (bicyclic) bond motifs is 1. The predicted octanol–water partition coefficient (Wildman–Crippen LogP) is 5.36. The highest BCUT2D eigenvalue weighted by Gasteiger charge is 2.25. The second-order valence-corrected chi connectivity index (χ2v) is 11.7. The lowest BCUT2D eigenvalue weighted by Crippen LogP contribution is -2.40. The summed E-state index contributed by atoms with van der Waals surface area (Å²) in [6, 6.07) is 7.71. The molecule has 39 heavy (non-hydrogen) atoms. The first-order valence-corrected chi connectivity index (χ1v) is 13.9. The van der Waals surface area contributed by atoms with Crippen LogP contribution in [0.15, 0.2) is 30.3 Å². The molecule has 0 unspecified atom stereocenters. The summed E-state index contributed by atoms with van der Waals surface area (Å²) in [5.41, 5.74) is 0.458. The van der Waals surface area contributed by atoms with Crippen LogP contribution in [0.1, 0.15) is 33.6 Å². The van der Waals surface area contributed by atoms with E-state index in [1.165, 1.54) is 17.4 Å². The lowest BCUT2D eigenvalue weighted by molar-refractivity contribution is 0.0506. The van der Waals surface area contributed by atoms with E-state index >= 15 is 0 Å². The number of carbonyl (C=O) groups is 2. The number of nitrogens with zero attached hydrogens (tertiary/aromatic N) is 4. The predicted molar refractivity (Wildman–Crippen MR) is 153 cm³/mol. The van der Waals surface area contributed by atoms with Crippen molar-refractivity contribution in [1.29, 1.82) is 0 Å². The maximum Gasteiger partial charge on any atom is 0.407 e. The lowest BCUT2D eigenvalue weighted by atomic mass is 10.2. The topological polar surface area (TPSA) is 112 Å². The van der Waals surface area contributed by atoms with E-state index in [2.05, 4.69) is 30.8 Å². The molecule has 1 aromatic carbocycles. The second-order valence-electron chi connectivity index (χ2n) is 10.3. The first kappa shape index (κ1) is 28.8. The first-order chi connectivity index (χ1) is 18.5. The Hall–Kier alpha value is -3.22. The number of nitrogens with one attached hydrogen (secondary N) is 3. The van der Waals surface area contributed by atoms with Gasteiger partial charge in [0.25, 0.3) is 0 Å². The summed E-state index contributed by atoms with van der Waals surface area (Å²) < 4.78 is 19.7. The van der Waals surface area contributed by atoms with E-state index in [0.717, 1.165) is 32.5 Å². The summed E-state index contributed by atoms with van der Waals surface area (Å²) in [5, 5.41) is 9.26. The fourth-order valence-electron chi connectivity index (χ4n) is 4.20. The van der Waals surface area contributed by atoms with Crippen LogP contribution in [0.2, 0.25) is 5.02 Å². The standard InChI is InChI=1S/C26H33ClFN7O3S/c1-26(2,3)38-25(37)30-17-10-13-35(15-17)12-5-11-29-23(36)33-24-31-19-7-9-21(32-22(19)39-24)34(4)20-8-6-16(27)14-18(20)28/h6-9,14,17H,5,10-13,15H2,1-4H3,(H,30,37)(H2,29,31,33,36)/t17-/m0/s1. The number of alkyl carbamates (subject to hydrolysis) is 1. The van der Waals surface area contributed by atoms with Crippen LogP contribution < -0.4 is 20.9 Å². The quantitative estimate of drug-likeness (QED) is 0.309. The Labute approximate surface area is 235 Å². The maximum absolute atomic E-state index is 14.3. The van der Waals surface area contributed by atoms with Crippen molar-refractivity contribution in [1.82, 2.24) is 25.5 Å². The van der Waals surface area contributed by atoms with E-state index < -0.39 is 17.5 Å². The summed E-state index contributed by atoms with van der Waals surface area (Å²) in [6.07, 6.45) is 1.24. The van der Waals surface area contributed by atoms with Gasteiger partial charge in [0.1, 0.15) is 27.6 Å². The molecule has 2 aromatic heterocycles. The molecule has 3 aromatic rings. The van der Waals surface area contributed by atoms with Crippen molar-refractivity contribution in [2.75, 3.05) is 43.4 Å². The Morgan fingerprint density at radius 3 is 2.79 bits per heavy atom. The van der Waals surface area contributed by atoms with Crippen LogP contribution in [-0.4, -0.2) is 71.9 Å². The number of ether oxygens (including phenoxy) is 1. The number of thiazole rings is 1. The molecule has 0 aliphatic carbocycles. The van der Waals surface area contributed by atoms with Crippen LogP contribution in [0.25, 0.3) is 10.3 Å². The molecule has 3 heterocycles. The molecule has 0 radical (unpaired) electrons. The van der Waals surface area contributed by atoms with Crippen LogP contribution in [0.3, 0.4) is 0 Å². The average molecular weight is 578 g/mol. The van der Waals surface area contributed by atoms with Crippen molar-refractivity contribution >= 4 is 62.0 Å². The third kappa shape index (κ3) is 8.13. The van der Waals surface area contributed by atoms with Gasteiger partial charge in [-0.1, -0.05) is 22.9 Å². The fraction of sp³-hybridized carbons (Fsp3) is 0.462. The van der Waals surface area contributed by atoms with Crippen LogP contribution in [0.5, 0.6) is 0 Å². The number of urea groups is 1. The van der Waals surface area contributed by atoms with E-state index in [1.807, 2.05) is 20.8 Å². The third-order valence-corrected chi connectivity index (χ3v) is 7.12. The number of carbonyl (C=O) groups excluding carboxylic acids is 2. The van der Waals surface area contributed by atoms with Crippen molar-refractivity contribution in [3.8, 4) is 0 Å². The molecule has 210 valence electrons. The minimum absolute atomic E-state index is 0.0641. The number of likely N-dealkylation sites (tertiary alicyclic amines) is 1. The van der Waals surface area contributed by atoms with Gasteiger partial charge in [0.15, 0.2) is 5.13 Å². The number of hydrogen-bond acceptors (Lipinski definition) is 8. The van der Waals surface area contributed by atoms with Crippen molar-refractivity contribution in [2.45, 2.75) is 45.3 Å². The van der Waals surface area contributed by atoms with Gasteiger partial charge in [-0.25, -0.2) is 23.9 Å². The van der Waals surface area contributed by atoms with Gasteiger partial charge in [-0.3, -0.25) is 5.32 Å². The van der Waals surface area contributed by atoms with Gasteiger partial charge in [0, 0.05) is 37.7 Å². The minimum atomic E-state index is -0.519. The normalized spacial score (nSPS) is 15.8. The van der Waals surface area contributed by atoms with Gasteiger partial charge in [-0.05, 0) is 70.5 Å². The first-order valence-electron chi connectivity index (χ1n) is 12.7. The van der Waals surface area contributed by atoms with Crippen molar-refractivity contribution in [3.63, 3.8) is 0 Å². The molecule has 13 heteroatoms. The highest BCUT2D eigenvalue weighted by Crippen LogP contribution is 2.31. The maximum atomic E-state index is 14.3. The molecule has 3 N–H and O–H groups in total. The molecule has 1 aliphatic heterocycles. The zero-order valence-electron chi connectivity index (χ0n) is 22.4. The molecule has 1 fully saturated rings. The number of aromatic nitrogens is 2. The van der Waals surface area contributed by atoms with Crippen molar-refractivity contribution < 1.29 is 18.7 Å². The number of benzene rings is 1. The zero-order chi connectivity index (χ0) is 28.2. The molecule has 4 rings (SSSR count). The monoisotopic (exact) mass is 577 g/mol.